The number of benzene rings is 1. The summed E-state index contributed by atoms with van der Waals surface area (Å²) in [5.74, 6) is 0.511. The molecule has 0 saturated carbocycles. The molecule has 2 fully saturated rings. The molecule has 2 saturated heterocycles. The average molecular weight is 440 g/mol. The number of pyridine rings is 1. The van der Waals surface area contributed by atoms with Gasteiger partial charge in [-0.1, -0.05) is 30.2 Å². The summed E-state index contributed by atoms with van der Waals surface area (Å²) < 4.78 is 2.00. The van der Waals surface area contributed by atoms with E-state index in [9.17, 15) is 9.59 Å². The van der Waals surface area contributed by atoms with Crippen molar-refractivity contribution >= 4 is 17.5 Å². The third kappa shape index (κ3) is 4.06. The van der Waals surface area contributed by atoms with Gasteiger partial charge in [-0.2, -0.15) is 0 Å². The summed E-state index contributed by atoms with van der Waals surface area (Å²) in [6, 6.07) is 9.77. The number of carbonyl (C=O) groups is 1. The van der Waals surface area contributed by atoms with E-state index >= 15 is 0 Å². The average Bonchev–Trinajstić information content (AvgIpc) is 2.76. The lowest BCUT2D eigenvalue weighted by Crippen LogP contribution is -2.49. The van der Waals surface area contributed by atoms with Crippen molar-refractivity contribution in [2.45, 2.75) is 51.6 Å². The largest absolute Gasteiger partial charge is 0.338 e. The molecular weight excluding hydrogens is 410 g/mol. The Morgan fingerprint density at radius 1 is 1.06 bits per heavy atom. The van der Waals surface area contributed by atoms with Gasteiger partial charge < -0.3 is 9.47 Å². The van der Waals surface area contributed by atoms with Gasteiger partial charge in [0.25, 0.3) is 11.5 Å². The van der Waals surface area contributed by atoms with E-state index in [4.69, 9.17) is 11.6 Å². The van der Waals surface area contributed by atoms with Crippen molar-refractivity contribution in [3.8, 4) is 0 Å². The van der Waals surface area contributed by atoms with Crippen LogP contribution in [0.5, 0.6) is 0 Å². The lowest BCUT2D eigenvalue weighted by molar-refractivity contribution is 0.0594. The highest BCUT2D eigenvalue weighted by molar-refractivity contribution is 6.33. The fourth-order valence-corrected chi connectivity index (χ4v) is 5.92. The van der Waals surface area contributed by atoms with Gasteiger partial charge in [-0.05, 0) is 69.0 Å². The highest BCUT2D eigenvalue weighted by atomic mass is 35.5. The Bertz CT molecular complexity index is 1060. The minimum absolute atomic E-state index is 0.00258. The van der Waals surface area contributed by atoms with E-state index in [2.05, 4.69) is 11.0 Å². The number of aryl methyl sites for hydroxylation is 1. The first-order valence-electron chi connectivity index (χ1n) is 11.5. The minimum Gasteiger partial charge on any atom is -0.338 e. The van der Waals surface area contributed by atoms with Crippen molar-refractivity contribution < 1.29 is 4.79 Å². The molecule has 1 aromatic heterocycles. The lowest BCUT2D eigenvalue weighted by Gasteiger charge is -2.43. The molecule has 1 amide bonds. The number of likely N-dealkylation sites (tertiary alicyclic amines) is 2. The van der Waals surface area contributed by atoms with Gasteiger partial charge >= 0.3 is 0 Å². The Labute approximate surface area is 188 Å². The molecule has 0 aliphatic carbocycles. The molecule has 5 nitrogen and oxygen atoms in total. The van der Waals surface area contributed by atoms with Crippen LogP contribution in [0.2, 0.25) is 5.02 Å². The van der Waals surface area contributed by atoms with Gasteiger partial charge in [0.2, 0.25) is 0 Å². The van der Waals surface area contributed by atoms with E-state index in [-0.39, 0.29) is 17.4 Å². The Kier molecular flexibility index (Phi) is 5.65. The van der Waals surface area contributed by atoms with Gasteiger partial charge in [0, 0.05) is 43.4 Å². The van der Waals surface area contributed by atoms with Crippen molar-refractivity contribution in [3.05, 3.63) is 68.1 Å². The second-order valence-corrected chi connectivity index (χ2v) is 9.94. The summed E-state index contributed by atoms with van der Waals surface area (Å²) in [5.41, 5.74) is 3.77. The lowest BCUT2D eigenvalue weighted by atomic mass is 9.82. The quantitative estimate of drug-likeness (QED) is 0.724. The zero-order valence-corrected chi connectivity index (χ0v) is 18.9. The summed E-state index contributed by atoms with van der Waals surface area (Å²) in [7, 11) is 0. The SMILES string of the molecule is Cc1ccc(C(=O)N2C[C@@H]3C[C@H](C2)c2ccc(CN4CCCCC4)c(=O)n2C3)c(Cl)c1. The molecule has 4 heterocycles. The van der Waals surface area contributed by atoms with Crippen molar-refractivity contribution in [1.82, 2.24) is 14.4 Å². The Balaban J connectivity index is 1.37. The number of halogens is 1. The van der Waals surface area contributed by atoms with Gasteiger partial charge in [0.15, 0.2) is 0 Å². The van der Waals surface area contributed by atoms with Crippen LogP contribution < -0.4 is 5.56 Å². The number of carbonyl (C=O) groups excluding carboxylic acids is 1. The van der Waals surface area contributed by atoms with E-state index in [1.165, 1.54) is 19.3 Å². The van der Waals surface area contributed by atoms with Gasteiger partial charge in [0.1, 0.15) is 0 Å². The van der Waals surface area contributed by atoms with Gasteiger partial charge in [-0.25, -0.2) is 0 Å². The van der Waals surface area contributed by atoms with E-state index < -0.39 is 0 Å². The second kappa shape index (κ2) is 8.44. The van der Waals surface area contributed by atoms with Crippen LogP contribution in [0.25, 0.3) is 0 Å². The number of amides is 1. The maximum absolute atomic E-state index is 13.3. The predicted molar refractivity (Wildman–Crippen MR) is 123 cm³/mol. The number of nitrogens with zero attached hydrogens (tertiary/aromatic N) is 3. The number of piperidine rings is 2. The number of hydrogen-bond donors (Lipinski definition) is 0. The van der Waals surface area contributed by atoms with E-state index in [1.54, 1.807) is 0 Å². The molecule has 0 radical (unpaired) electrons. The van der Waals surface area contributed by atoms with Crippen molar-refractivity contribution in [3.63, 3.8) is 0 Å². The number of hydrogen-bond acceptors (Lipinski definition) is 3. The van der Waals surface area contributed by atoms with E-state index in [0.29, 0.717) is 36.1 Å². The maximum Gasteiger partial charge on any atom is 0.255 e. The van der Waals surface area contributed by atoms with Gasteiger partial charge in [0.05, 0.1) is 10.6 Å². The number of fused-ring (bicyclic) bond motifs is 4. The first-order chi connectivity index (χ1) is 15.0. The monoisotopic (exact) mass is 439 g/mol. The summed E-state index contributed by atoms with van der Waals surface area (Å²) in [6.45, 7) is 6.93. The predicted octanol–water partition coefficient (Wildman–Crippen LogP) is 4.06. The van der Waals surface area contributed by atoms with E-state index in [1.807, 2.05) is 40.7 Å². The third-order valence-corrected chi connectivity index (χ3v) is 7.48. The summed E-state index contributed by atoms with van der Waals surface area (Å²) >= 11 is 6.37. The fraction of sp³-hybridized carbons (Fsp3) is 0.520. The molecule has 31 heavy (non-hydrogen) atoms. The fourth-order valence-electron chi connectivity index (χ4n) is 5.60. The molecule has 0 unspecified atom stereocenters. The van der Waals surface area contributed by atoms with Crippen LogP contribution in [-0.2, 0) is 13.1 Å². The Morgan fingerprint density at radius 2 is 1.87 bits per heavy atom. The Morgan fingerprint density at radius 3 is 2.65 bits per heavy atom. The Hall–Kier alpha value is -2.11. The standard InChI is InChI=1S/C25H30ClN3O2/c1-17-5-7-21(22(26)11-17)25(31)28-13-18-12-20(16-28)23-8-6-19(24(30)29(23)14-18)15-27-9-3-2-4-10-27/h5-8,11,18,20H,2-4,9-10,12-16H2,1H3/t18-,20+/m0/s1. The summed E-state index contributed by atoms with van der Waals surface area (Å²) in [4.78, 5) is 30.8. The van der Waals surface area contributed by atoms with Crippen LogP contribution in [0.15, 0.2) is 35.1 Å². The summed E-state index contributed by atoms with van der Waals surface area (Å²) in [6.07, 6.45) is 4.79. The van der Waals surface area contributed by atoms with E-state index in [0.717, 1.165) is 42.9 Å². The topological polar surface area (TPSA) is 45.6 Å². The molecule has 2 atom stereocenters. The molecule has 3 aliphatic rings. The van der Waals surface area contributed by atoms with Crippen LogP contribution in [-0.4, -0.2) is 46.5 Å². The normalized spacial score (nSPS) is 23.5. The smallest absolute Gasteiger partial charge is 0.255 e. The molecule has 2 aromatic rings. The molecule has 0 N–H and O–H groups in total. The molecule has 164 valence electrons. The van der Waals surface area contributed by atoms with Crippen LogP contribution in [0.4, 0.5) is 0 Å². The van der Waals surface area contributed by atoms with Gasteiger partial charge in [-0.15, -0.1) is 0 Å². The first kappa shape index (κ1) is 20.8. The summed E-state index contributed by atoms with van der Waals surface area (Å²) in [5, 5.41) is 0.514. The molecule has 5 rings (SSSR count). The zero-order valence-electron chi connectivity index (χ0n) is 18.1. The van der Waals surface area contributed by atoms with Gasteiger partial charge in [-0.3, -0.25) is 14.5 Å². The number of rotatable bonds is 3. The zero-order chi connectivity index (χ0) is 21.5. The van der Waals surface area contributed by atoms with Crippen molar-refractivity contribution in [1.29, 1.82) is 0 Å². The first-order valence-corrected chi connectivity index (χ1v) is 11.9. The van der Waals surface area contributed by atoms with Crippen molar-refractivity contribution in [2.24, 2.45) is 5.92 Å². The molecule has 0 spiro atoms. The minimum atomic E-state index is -0.00258. The molecule has 1 aromatic carbocycles. The molecular formula is C25H30ClN3O2. The highest BCUT2D eigenvalue weighted by Crippen LogP contribution is 2.36. The molecule has 6 heteroatoms. The highest BCUT2D eigenvalue weighted by Gasteiger charge is 2.37. The van der Waals surface area contributed by atoms with Crippen LogP contribution >= 0.6 is 11.6 Å². The van der Waals surface area contributed by atoms with Crippen LogP contribution in [0, 0.1) is 12.8 Å². The third-order valence-electron chi connectivity index (χ3n) is 7.17. The van der Waals surface area contributed by atoms with Crippen LogP contribution in [0.1, 0.15) is 58.8 Å². The van der Waals surface area contributed by atoms with Crippen molar-refractivity contribution in [2.75, 3.05) is 26.2 Å². The van der Waals surface area contributed by atoms with Crippen LogP contribution in [0.3, 0.4) is 0 Å². The molecule has 2 bridgehead atoms. The number of aromatic nitrogens is 1. The second-order valence-electron chi connectivity index (χ2n) is 9.53. The maximum atomic E-state index is 13.3. The molecule has 3 aliphatic heterocycles.